The van der Waals surface area contributed by atoms with E-state index in [1.165, 1.54) is 0 Å². The van der Waals surface area contributed by atoms with Crippen molar-refractivity contribution in [3.8, 4) is 5.75 Å². The zero-order valence-corrected chi connectivity index (χ0v) is 19.0. The molecule has 2 aromatic carbocycles. The lowest BCUT2D eigenvalue weighted by atomic mass is 10.1. The van der Waals surface area contributed by atoms with Crippen LogP contribution in [0.2, 0.25) is 5.02 Å². The minimum Gasteiger partial charge on any atom is -0.484 e. The van der Waals surface area contributed by atoms with Crippen LogP contribution in [0.5, 0.6) is 5.75 Å². The molecule has 0 aromatic heterocycles. The van der Waals surface area contributed by atoms with Crippen LogP contribution in [0.4, 0.5) is 0 Å². The average Bonchev–Trinajstić information content (AvgIpc) is 2.77. The zero-order chi connectivity index (χ0) is 22.2. The third-order valence-corrected chi connectivity index (χ3v) is 4.72. The van der Waals surface area contributed by atoms with Crippen LogP contribution in [-0.2, 0) is 16.0 Å². The van der Waals surface area contributed by atoms with Crippen LogP contribution >= 0.6 is 11.6 Å². The Morgan fingerprint density at radius 3 is 2.17 bits per heavy atom. The van der Waals surface area contributed by atoms with Gasteiger partial charge in [-0.3, -0.25) is 9.59 Å². The maximum Gasteiger partial charge on any atom is 0.257 e. The van der Waals surface area contributed by atoms with Crippen LogP contribution in [0.15, 0.2) is 54.6 Å². The molecule has 2 aromatic rings. The highest BCUT2D eigenvalue weighted by molar-refractivity contribution is 6.30. The molecule has 0 aliphatic carbocycles. The van der Waals surface area contributed by atoms with Crippen LogP contribution in [-0.4, -0.2) is 49.4 Å². The summed E-state index contributed by atoms with van der Waals surface area (Å²) in [6.45, 7) is 9.63. The van der Waals surface area contributed by atoms with Gasteiger partial charge in [-0.1, -0.05) is 62.7 Å². The van der Waals surface area contributed by atoms with E-state index in [4.69, 9.17) is 16.3 Å². The van der Waals surface area contributed by atoms with Crippen molar-refractivity contribution in [2.75, 3.05) is 32.8 Å². The van der Waals surface area contributed by atoms with E-state index in [9.17, 15) is 9.59 Å². The third kappa shape index (κ3) is 11.6. The average molecular weight is 433 g/mol. The van der Waals surface area contributed by atoms with Crippen LogP contribution in [0.1, 0.15) is 32.8 Å². The number of hydrogen-bond acceptors (Lipinski definition) is 4. The van der Waals surface area contributed by atoms with Crippen molar-refractivity contribution in [2.24, 2.45) is 0 Å². The van der Waals surface area contributed by atoms with E-state index in [0.717, 1.165) is 25.2 Å². The minimum absolute atomic E-state index is 0.0277. The van der Waals surface area contributed by atoms with Crippen molar-refractivity contribution in [3.63, 3.8) is 0 Å². The molecule has 5 nitrogen and oxygen atoms in total. The number of Topliss-reactive ketones (excluding diaryl/α,β-unsaturated/α-hetero) is 1. The second-order valence-corrected chi connectivity index (χ2v) is 7.11. The number of nitrogens with zero attached hydrogens (tertiary/aromatic N) is 1. The molecule has 2 rings (SSSR count). The molecule has 0 radical (unpaired) electrons. The van der Waals surface area contributed by atoms with Gasteiger partial charge in [0.05, 0.1) is 0 Å². The summed E-state index contributed by atoms with van der Waals surface area (Å²) in [5, 5.41) is 3.48. The molecule has 0 aliphatic heterocycles. The quantitative estimate of drug-likeness (QED) is 0.572. The minimum atomic E-state index is -0.109. The van der Waals surface area contributed by atoms with Gasteiger partial charge >= 0.3 is 0 Å². The number of benzene rings is 2. The monoisotopic (exact) mass is 432 g/mol. The van der Waals surface area contributed by atoms with E-state index in [-0.39, 0.29) is 12.5 Å². The summed E-state index contributed by atoms with van der Waals surface area (Å²) in [5.41, 5.74) is 1.11. The molecule has 1 amide bonds. The SMILES string of the molecule is CCC(=O)Cc1ccccc1.CCN(CC)CCNC(=O)COc1ccc(Cl)cc1. The predicted octanol–water partition coefficient (Wildman–Crippen LogP) is 4.39. The molecule has 0 bridgehead atoms. The Balaban J connectivity index is 0.000000346. The van der Waals surface area contributed by atoms with E-state index in [2.05, 4.69) is 24.1 Å². The second-order valence-electron chi connectivity index (χ2n) is 6.67. The highest BCUT2D eigenvalue weighted by Gasteiger charge is 2.04. The summed E-state index contributed by atoms with van der Waals surface area (Å²) in [4.78, 5) is 24.8. The van der Waals surface area contributed by atoms with Gasteiger partial charge in [0.15, 0.2) is 6.61 Å². The van der Waals surface area contributed by atoms with E-state index in [1.807, 2.05) is 37.3 Å². The summed E-state index contributed by atoms with van der Waals surface area (Å²) in [6.07, 6.45) is 1.21. The van der Waals surface area contributed by atoms with Crippen LogP contribution in [0.25, 0.3) is 0 Å². The molecule has 0 fully saturated rings. The topological polar surface area (TPSA) is 58.6 Å². The molecule has 0 heterocycles. The van der Waals surface area contributed by atoms with Crippen LogP contribution in [0.3, 0.4) is 0 Å². The normalized spacial score (nSPS) is 10.2. The number of amides is 1. The fourth-order valence-corrected chi connectivity index (χ4v) is 2.70. The Bertz CT molecular complexity index is 732. The largest absolute Gasteiger partial charge is 0.484 e. The molecule has 164 valence electrons. The van der Waals surface area contributed by atoms with Crippen molar-refractivity contribution < 1.29 is 14.3 Å². The van der Waals surface area contributed by atoms with Gasteiger partial charge in [-0.2, -0.15) is 0 Å². The molecule has 6 heteroatoms. The first kappa shape index (κ1) is 25.7. The lowest BCUT2D eigenvalue weighted by Gasteiger charge is -2.17. The maximum atomic E-state index is 11.6. The highest BCUT2D eigenvalue weighted by atomic mass is 35.5. The Morgan fingerprint density at radius 1 is 0.967 bits per heavy atom. The number of rotatable bonds is 11. The first-order chi connectivity index (χ1) is 14.5. The Morgan fingerprint density at radius 2 is 1.60 bits per heavy atom. The van der Waals surface area contributed by atoms with E-state index < -0.39 is 0 Å². The van der Waals surface area contributed by atoms with Gasteiger partial charge in [-0.05, 0) is 42.9 Å². The highest BCUT2D eigenvalue weighted by Crippen LogP contribution is 2.15. The molecular weight excluding hydrogens is 400 g/mol. The van der Waals surface area contributed by atoms with Crippen molar-refractivity contribution >= 4 is 23.3 Å². The smallest absolute Gasteiger partial charge is 0.257 e. The van der Waals surface area contributed by atoms with Gasteiger partial charge in [0, 0.05) is 31.0 Å². The number of ketones is 1. The molecule has 0 spiro atoms. The number of carbonyl (C=O) groups is 2. The van der Waals surface area contributed by atoms with Gasteiger partial charge in [0.2, 0.25) is 0 Å². The fourth-order valence-electron chi connectivity index (χ4n) is 2.57. The number of hydrogen-bond donors (Lipinski definition) is 1. The van der Waals surface area contributed by atoms with Gasteiger partial charge < -0.3 is 15.0 Å². The second kappa shape index (κ2) is 15.5. The molecular formula is C24H33ClN2O3. The van der Waals surface area contributed by atoms with Crippen molar-refractivity contribution in [1.82, 2.24) is 10.2 Å². The maximum absolute atomic E-state index is 11.6. The number of ether oxygens (including phenoxy) is 1. The van der Waals surface area contributed by atoms with Crippen molar-refractivity contribution in [2.45, 2.75) is 33.6 Å². The van der Waals surface area contributed by atoms with Gasteiger partial charge in [0.1, 0.15) is 11.5 Å². The summed E-state index contributed by atoms with van der Waals surface area (Å²) >= 11 is 5.76. The number of nitrogens with one attached hydrogen (secondary N) is 1. The van der Waals surface area contributed by atoms with E-state index >= 15 is 0 Å². The number of likely N-dealkylation sites (N-methyl/N-ethyl adjacent to an activating group) is 1. The van der Waals surface area contributed by atoms with Crippen molar-refractivity contribution in [1.29, 1.82) is 0 Å². The summed E-state index contributed by atoms with van der Waals surface area (Å²) < 4.78 is 5.35. The predicted molar refractivity (Wildman–Crippen MR) is 123 cm³/mol. The standard InChI is InChI=1S/C14H21ClN2O2.C10H12O/c1-3-17(4-2)10-9-16-14(18)11-19-13-7-5-12(15)6-8-13;1-2-10(11)8-9-6-4-3-5-7-9/h5-8H,3-4,9-11H2,1-2H3,(H,16,18);3-7H,2,8H2,1H3. The van der Waals surface area contributed by atoms with Crippen molar-refractivity contribution in [3.05, 3.63) is 65.2 Å². The first-order valence-corrected chi connectivity index (χ1v) is 10.8. The molecule has 0 saturated carbocycles. The third-order valence-electron chi connectivity index (χ3n) is 4.47. The van der Waals surface area contributed by atoms with Gasteiger partial charge in [-0.15, -0.1) is 0 Å². The number of halogens is 1. The first-order valence-electron chi connectivity index (χ1n) is 10.4. The molecule has 0 aliphatic rings. The zero-order valence-electron chi connectivity index (χ0n) is 18.2. The Hall–Kier alpha value is -2.37. The molecule has 0 atom stereocenters. The number of carbonyl (C=O) groups excluding carboxylic acids is 2. The Labute approximate surface area is 185 Å². The van der Waals surface area contributed by atoms with Gasteiger partial charge in [-0.25, -0.2) is 0 Å². The van der Waals surface area contributed by atoms with E-state index in [1.54, 1.807) is 24.3 Å². The summed E-state index contributed by atoms with van der Waals surface area (Å²) in [6, 6.07) is 16.8. The molecule has 30 heavy (non-hydrogen) atoms. The fraction of sp³-hybridized carbons (Fsp3) is 0.417. The van der Waals surface area contributed by atoms with Crippen LogP contribution < -0.4 is 10.1 Å². The molecule has 1 N–H and O–H groups in total. The summed E-state index contributed by atoms with van der Waals surface area (Å²) in [5.74, 6) is 0.835. The van der Waals surface area contributed by atoms with Gasteiger partial charge in [0.25, 0.3) is 5.91 Å². The lowest BCUT2D eigenvalue weighted by molar-refractivity contribution is -0.123. The Kier molecular flexibility index (Phi) is 13.2. The summed E-state index contributed by atoms with van der Waals surface area (Å²) in [7, 11) is 0. The molecule has 0 saturated heterocycles. The van der Waals surface area contributed by atoms with E-state index in [0.29, 0.717) is 35.9 Å². The lowest BCUT2D eigenvalue weighted by Crippen LogP contribution is -2.36. The molecule has 0 unspecified atom stereocenters. The van der Waals surface area contributed by atoms with Crippen LogP contribution in [0, 0.1) is 0 Å².